The number of nitrogens with two attached hydrogens (primary N) is 1. The molecule has 1 aromatic rings. The molecule has 0 bridgehead atoms. The van der Waals surface area contributed by atoms with Crippen LogP contribution in [0.4, 0.5) is 14.5 Å². The van der Waals surface area contributed by atoms with Gasteiger partial charge in [-0.1, -0.05) is 0 Å². The zero-order valence-corrected chi connectivity index (χ0v) is 10.6. The maximum atomic E-state index is 13.3. The molecule has 0 spiro atoms. The zero-order chi connectivity index (χ0) is 14.2. The summed E-state index contributed by atoms with van der Waals surface area (Å²) < 4.78 is 26.7. The Morgan fingerprint density at radius 1 is 1.42 bits per heavy atom. The van der Waals surface area contributed by atoms with Crippen LogP contribution in [0, 0.1) is 11.6 Å². The molecule has 1 saturated heterocycles. The molecule has 2 rings (SSSR count). The Morgan fingerprint density at radius 3 is 2.53 bits per heavy atom. The van der Waals surface area contributed by atoms with E-state index in [0.717, 1.165) is 12.1 Å². The Balaban J connectivity index is 2.25. The van der Waals surface area contributed by atoms with Gasteiger partial charge in [-0.25, -0.2) is 8.78 Å². The Bertz CT molecular complexity index is 494. The first kappa shape index (κ1) is 13.7. The maximum Gasteiger partial charge on any atom is 0.254 e. The number of likely N-dealkylation sites (tertiary alicyclic amines) is 1. The first-order chi connectivity index (χ1) is 8.80. The Morgan fingerprint density at radius 2 is 2.00 bits per heavy atom. The van der Waals surface area contributed by atoms with E-state index in [9.17, 15) is 18.7 Å². The Labute approximate surface area is 109 Å². The molecule has 3 N–H and O–H groups in total. The summed E-state index contributed by atoms with van der Waals surface area (Å²) >= 11 is 0. The van der Waals surface area contributed by atoms with Crippen LogP contribution in [0.25, 0.3) is 0 Å². The van der Waals surface area contributed by atoms with Crippen molar-refractivity contribution in [2.75, 3.05) is 18.8 Å². The van der Waals surface area contributed by atoms with Gasteiger partial charge in [0, 0.05) is 18.7 Å². The minimum absolute atomic E-state index is 0.0955. The van der Waals surface area contributed by atoms with Crippen LogP contribution in [0.5, 0.6) is 0 Å². The first-order valence-corrected chi connectivity index (χ1v) is 6.06. The highest BCUT2D eigenvalue weighted by atomic mass is 19.1. The fraction of sp³-hybridized carbons (Fsp3) is 0.462. The molecule has 1 fully saturated rings. The van der Waals surface area contributed by atoms with E-state index in [-0.39, 0.29) is 12.1 Å². The van der Waals surface area contributed by atoms with Gasteiger partial charge in [-0.3, -0.25) is 4.79 Å². The molecule has 1 aliphatic rings. The predicted molar refractivity (Wildman–Crippen MR) is 66.5 cm³/mol. The number of hydrogen-bond donors (Lipinski definition) is 2. The molecule has 1 aliphatic heterocycles. The van der Waals surface area contributed by atoms with Crippen molar-refractivity contribution in [3.05, 3.63) is 29.3 Å². The summed E-state index contributed by atoms with van der Waals surface area (Å²) in [5.41, 5.74) is 3.51. The summed E-state index contributed by atoms with van der Waals surface area (Å²) in [4.78, 5) is 13.5. The van der Waals surface area contributed by atoms with Crippen LogP contribution in [-0.4, -0.2) is 34.6 Å². The fourth-order valence-corrected chi connectivity index (χ4v) is 2.28. The molecule has 0 saturated carbocycles. The van der Waals surface area contributed by atoms with Gasteiger partial charge in [0.15, 0.2) is 0 Å². The SMILES string of the molecule is CC1(O)CCCN(C(=O)c2cc(F)c(N)c(F)c2)C1. The highest BCUT2D eigenvalue weighted by molar-refractivity contribution is 5.94. The summed E-state index contributed by atoms with van der Waals surface area (Å²) in [6, 6.07) is 1.84. The summed E-state index contributed by atoms with van der Waals surface area (Å²) in [5.74, 6) is -2.41. The smallest absolute Gasteiger partial charge is 0.254 e. The average molecular weight is 270 g/mol. The van der Waals surface area contributed by atoms with E-state index >= 15 is 0 Å². The van der Waals surface area contributed by atoms with Gasteiger partial charge in [-0.05, 0) is 31.9 Å². The van der Waals surface area contributed by atoms with Crippen LogP contribution >= 0.6 is 0 Å². The van der Waals surface area contributed by atoms with Gasteiger partial charge in [0.2, 0.25) is 0 Å². The van der Waals surface area contributed by atoms with Crippen molar-refractivity contribution in [3.8, 4) is 0 Å². The van der Waals surface area contributed by atoms with E-state index in [1.165, 1.54) is 4.90 Å². The molecule has 4 nitrogen and oxygen atoms in total. The number of amides is 1. The molecular weight excluding hydrogens is 254 g/mol. The second-order valence-electron chi connectivity index (χ2n) is 5.18. The third kappa shape index (κ3) is 2.84. The average Bonchev–Trinajstić information content (AvgIpc) is 2.33. The highest BCUT2D eigenvalue weighted by Crippen LogP contribution is 2.23. The van der Waals surface area contributed by atoms with Crippen molar-refractivity contribution in [1.29, 1.82) is 0 Å². The largest absolute Gasteiger partial charge is 0.394 e. The summed E-state index contributed by atoms with van der Waals surface area (Å²) in [6.45, 7) is 2.25. The number of β-amino-alcohol motifs (C(OH)–C–C–N with tert-alkyl or cyclic N) is 1. The standard InChI is InChI=1S/C13H16F2N2O2/c1-13(19)3-2-4-17(7-13)12(18)8-5-9(14)11(16)10(15)6-8/h5-6,19H,2-4,7,16H2,1H3. The lowest BCUT2D eigenvalue weighted by atomic mass is 9.94. The second-order valence-corrected chi connectivity index (χ2v) is 5.18. The van der Waals surface area contributed by atoms with Gasteiger partial charge in [0.1, 0.15) is 17.3 Å². The van der Waals surface area contributed by atoms with Crippen molar-refractivity contribution < 1.29 is 18.7 Å². The molecule has 0 radical (unpaired) electrons. The molecule has 104 valence electrons. The number of halogens is 2. The van der Waals surface area contributed by atoms with Crippen LogP contribution in [0.3, 0.4) is 0 Å². The van der Waals surface area contributed by atoms with Crippen LogP contribution in [-0.2, 0) is 0 Å². The minimum Gasteiger partial charge on any atom is -0.394 e. The van der Waals surface area contributed by atoms with Gasteiger partial charge in [-0.2, -0.15) is 0 Å². The molecule has 1 unspecified atom stereocenters. The van der Waals surface area contributed by atoms with Gasteiger partial charge < -0.3 is 15.7 Å². The van der Waals surface area contributed by atoms with Gasteiger partial charge >= 0.3 is 0 Å². The lowest BCUT2D eigenvalue weighted by Crippen LogP contribution is -2.48. The first-order valence-electron chi connectivity index (χ1n) is 6.06. The quantitative estimate of drug-likeness (QED) is 0.761. The van der Waals surface area contributed by atoms with E-state index in [2.05, 4.69) is 0 Å². The van der Waals surface area contributed by atoms with Crippen LogP contribution in [0.2, 0.25) is 0 Å². The molecule has 0 aromatic heterocycles. The van der Waals surface area contributed by atoms with Crippen LogP contribution < -0.4 is 5.73 Å². The number of hydrogen-bond acceptors (Lipinski definition) is 3. The topological polar surface area (TPSA) is 66.6 Å². The third-order valence-corrected chi connectivity index (χ3v) is 3.29. The lowest BCUT2D eigenvalue weighted by molar-refractivity contribution is -0.0107. The van der Waals surface area contributed by atoms with Crippen molar-refractivity contribution in [3.63, 3.8) is 0 Å². The number of carbonyl (C=O) groups excluding carboxylic acids is 1. The summed E-state index contributed by atoms with van der Waals surface area (Å²) in [5, 5.41) is 9.93. The molecule has 6 heteroatoms. The fourth-order valence-electron chi connectivity index (χ4n) is 2.28. The van der Waals surface area contributed by atoms with Gasteiger partial charge in [0.05, 0.1) is 5.60 Å². The molecule has 19 heavy (non-hydrogen) atoms. The van der Waals surface area contributed by atoms with Crippen molar-refractivity contribution in [2.24, 2.45) is 0 Å². The van der Waals surface area contributed by atoms with E-state index in [0.29, 0.717) is 19.4 Å². The number of benzene rings is 1. The van der Waals surface area contributed by atoms with Crippen molar-refractivity contribution >= 4 is 11.6 Å². The number of anilines is 1. The number of nitrogens with zero attached hydrogens (tertiary/aromatic N) is 1. The van der Waals surface area contributed by atoms with Crippen LogP contribution in [0.15, 0.2) is 12.1 Å². The normalized spacial score (nSPS) is 23.5. The summed E-state index contributed by atoms with van der Waals surface area (Å²) in [7, 11) is 0. The number of carbonyl (C=O) groups is 1. The van der Waals surface area contributed by atoms with E-state index in [4.69, 9.17) is 5.73 Å². The predicted octanol–water partition coefficient (Wildman–Crippen LogP) is 1.53. The number of nitrogen functional groups attached to an aromatic ring is 1. The Hall–Kier alpha value is -1.69. The molecular formula is C13H16F2N2O2. The maximum absolute atomic E-state index is 13.3. The van der Waals surface area contributed by atoms with Gasteiger partial charge in [-0.15, -0.1) is 0 Å². The summed E-state index contributed by atoms with van der Waals surface area (Å²) in [6.07, 6.45) is 1.25. The highest BCUT2D eigenvalue weighted by Gasteiger charge is 2.31. The monoisotopic (exact) mass is 270 g/mol. The van der Waals surface area contributed by atoms with E-state index in [1.807, 2.05) is 0 Å². The van der Waals surface area contributed by atoms with Crippen LogP contribution in [0.1, 0.15) is 30.1 Å². The van der Waals surface area contributed by atoms with E-state index in [1.54, 1.807) is 6.92 Å². The molecule has 1 aromatic carbocycles. The Kier molecular flexibility index (Phi) is 3.45. The van der Waals surface area contributed by atoms with E-state index < -0.39 is 28.8 Å². The molecule has 1 heterocycles. The minimum atomic E-state index is -0.960. The second kappa shape index (κ2) is 4.77. The zero-order valence-electron chi connectivity index (χ0n) is 10.6. The third-order valence-electron chi connectivity index (χ3n) is 3.29. The number of rotatable bonds is 1. The number of piperidine rings is 1. The number of aliphatic hydroxyl groups is 1. The lowest BCUT2D eigenvalue weighted by Gasteiger charge is -2.36. The van der Waals surface area contributed by atoms with Crippen molar-refractivity contribution in [1.82, 2.24) is 4.90 Å². The molecule has 1 atom stereocenters. The van der Waals surface area contributed by atoms with Gasteiger partial charge in [0.25, 0.3) is 5.91 Å². The molecule has 1 amide bonds. The molecule has 0 aliphatic carbocycles. The van der Waals surface area contributed by atoms with Crippen molar-refractivity contribution in [2.45, 2.75) is 25.4 Å².